The van der Waals surface area contributed by atoms with E-state index in [4.69, 9.17) is 34.5 Å². The summed E-state index contributed by atoms with van der Waals surface area (Å²) >= 11 is 0. The van der Waals surface area contributed by atoms with E-state index >= 15 is 0 Å². The van der Waals surface area contributed by atoms with Crippen LogP contribution in [0.25, 0.3) is 67.3 Å². The van der Waals surface area contributed by atoms with Gasteiger partial charge in [0.2, 0.25) is 11.8 Å². The summed E-state index contributed by atoms with van der Waals surface area (Å²) in [6.45, 7) is 23.3. The largest absolute Gasteiger partial charge is 0.480 e. The minimum absolute atomic E-state index is 0.114. The number of aromatic nitrogens is 8. The Labute approximate surface area is 681 Å². The molecule has 16 rings (SSSR count). The van der Waals surface area contributed by atoms with Gasteiger partial charge in [-0.05, 0) is 198 Å². The minimum Gasteiger partial charge on any atom is -0.480 e. The Balaban J connectivity index is 0.000000178. The Hall–Kier alpha value is -10.1. The fourth-order valence-corrected chi connectivity index (χ4v) is 20.2. The topological polar surface area (TPSA) is 332 Å². The SMILES string of the molecule is COC(=O)N[C@H](C(=O)N1C[C@@H](C)C[C@H]1c1ncc(-c2ccc(-c3ccc(-c4cnc([C@@H]5C[C@H](C)CN5C(=O)[C@@H](NC(=O)OC)C(C)C)[nH]4)c4c3C3(CCCC3)CC4)cc2)[nH]1)C(C)C.COC(=O)N[C@H](C(=O)O)C(C)C.C[C@@H]1CN[C@H](c2ncc(-c3ccc(-c4ccc(-c5cnc([C@@H]6C[C@H](C)CN6)[nH]5)c5c4C4(CCCC4)CC5)cc3)[nH]2)C1. The van der Waals surface area contributed by atoms with E-state index in [1.54, 1.807) is 25.0 Å². The number of hydrogen-bond donors (Lipinski definition) is 10. The van der Waals surface area contributed by atoms with Crippen molar-refractivity contribution in [2.24, 2.45) is 41.4 Å². The highest BCUT2D eigenvalue weighted by Gasteiger charge is 2.47. The number of amides is 5. The molecule has 5 amide bonds. The number of carboxylic acid groups (broad SMARTS) is 1. The number of benzene rings is 4. The lowest BCUT2D eigenvalue weighted by Gasteiger charge is -2.30. The second-order valence-corrected chi connectivity index (χ2v) is 35.6. The summed E-state index contributed by atoms with van der Waals surface area (Å²) in [5.41, 5.74) is 20.5. The van der Waals surface area contributed by atoms with Crippen LogP contribution in [0.3, 0.4) is 0 Å². The van der Waals surface area contributed by atoms with Crippen molar-refractivity contribution < 1.29 is 48.1 Å². The molecule has 8 aliphatic rings. The lowest BCUT2D eigenvalue weighted by Crippen LogP contribution is -2.51. The molecule has 4 aromatic heterocycles. The van der Waals surface area contributed by atoms with Crippen LogP contribution in [0.5, 0.6) is 0 Å². The molecule has 8 aromatic rings. The predicted octanol–water partition coefficient (Wildman–Crippen LogP) is 16.2. The van der Waals surface area contributed by atoms with Crippen LogP contribution in [0, 0.1) is 41.4 Å². The number of nitrogens with one attached hydrogen (secondary N) is 9. The van der Waals surface area contributed by atoms with Gasteiger partial charge in [-0.15, -0.1) is 0 Å². The maximum Gasteiger partial charge on any atom is 0.407 e. The molecule has 116 heavy (non-hydrogen) atoms. The van der Waals surface area contributed by atoms with Gasteiger partial charge in [0, 0.05) is 24.2 Å². The van der Waals surface area contributed by atoms with Gasteiger partial charge >= 0.3 is 24.2 Å². The lowest BCUT2D eigenvalue weighted by atomic mass is 9.76. The second kappa shape index (κ2) is 35.0. The first-order chi connectivity index (χ1) is 55.8. The molecule has 0 bridgehead atoms. The molecular weight excluding hydrogens is 1460 g/mol. The third kappa shape index (κ3) is 17.1. The molecule has 6 fully saturated rings. The molecule has 25 heteroatoms. The molecule has 4 aliphatic carbocycles. The Morgan fingerprint density at radius 2 is 0.750 bits per heavy atom. The van der Waals surface area contributed by atoms with Crippen LogP contribution in [0.4, 0.5) is 14.4 Å². The molecule has 2 spiro atoms. The summed E-state index contributed by atoms with van der Waals surface area (Å²) < 4.78 is 13.9. The molecule has 8 heterocycles. The van der Waals surface area contributed by atoms with Gasteiger partial charge in [-0.25, -0.2) is 39.1 Å². The average molecular weight is 1580 g/mol. The van der Waals surface area contributed by atoms with Crippen molar-refractivity contribution in [3.8, 4) is 67.3 Å². The number of methoxy groups -OCH3 is 3. The minimum atomic E-state index is -1.06. The molecule has 11 atom stereocenters. The van der Waals surface area contributed by atoms with Gasteiger partial charge in [0.15, 0.2) is 0 Å². The second-order valence-electron chi connectivity index (χ2n) is 35.6. The summed E-state index contributed by atoms with van der Waals surface area (Å²) in [6, 6.07) is 25.1. The highest BCUT2D eigenvalue weighted by Crippen LogP contribution is 2.57. The molecule has 618 valence electrons. The fraction of sp³-hybridized carbons (Fsp3) is 0.538. The number of aliphatic carboxylic acids is 1. The van der Waals surface area contributed by atoms with Crippen LogP contribution in [0.15, 0.2) is 97.6 Å². The molecule has 2 saturated carbocycles. The number of alkyl carbamates (subject to hydrolysis) is 3. The summed E-state index contributed by atoms with van der Waals surface area (Å²) in [4.78, 5) is 111. The Morgan fingerprint density at radius 3 is 1.10 bits per heavy atom. The maximum atomic E-state index is 14.0. The number of carboxylic acids is 1. The molecule has 0 radical (unpaired) electrons. The number of imidazole rings is 4. The molecule has 10 N–H and O–H groups in total. The zero-order chi connectivity index (χ0) is 82.0. The molecule has 4 saturated heterocycles. The number of nitrogens with zero attached hydrogens (tertiary/aromatic N) is 6. The van der Waals surface area contributed by atoms with Gasteiger partial charge < -0.3 is 75.6 Å². The van der Waals surface area contributed by atoms with Crippen LogP contribution < -0.4 is 26.6 Å². The van der Waals surface area contributed by atoms with Crippen molar-refractivity contribution in [1.29, 1.82) is 0 Å². The third-order valence-corrected chi connectivity index (χ3v) is 26.2. The number of ether oxygens (including phenoxy) is 3. The average Bonchev–Trinajstić information content (AvgIpc) is 1.29. The highest BCUT2D eigenvalue weighted by molar-refractivity contribution is 5.88. The Morgan fingerprint density at radius 1 is 0.422 bits per heavy atom. The zero-order valence-electron chi connectivity index (χ0n) is 69.8. The highest BCUT2D eigenvalue weighted by atomic mass is 16.5. The smallest absolute Gasteiger partial charge is 0.407 e. The van der Waals surface area contributed by atoms with Gasteiger partial charge in [0.05, 0.1) is 93.1 Å². The maximum absolute atomic E-state index is 14.0. The summed E-state index contributed by atoms with van der Waals surface area (Å²) in [5.74, 6) is 3.91. The van der Waals surface area contributed by atoms with Crippen molar-refractivity contribution in [2.45, 2.75) is 225 Å². The number of carbonyl (C=O) groups is 6. The first-order valence-corrected chi connectivity index (χ1v) is 42.3. The molecule has 4 aliphatic heterocycles. The van der Waals surface area contributed by atoms with E-state index in [-0.39, 0.29) is 58.9 Å². The first-order valence-electron chi connectivity index (χ1n) is 42.3. The fourth-order valence-electron chi connectivity index (χ4n) is 20.2. The van der Waals surface area contributed by atoms with E-state index < -0.39 is 42.4 Å². The molecule has 25 nitrogen and oxygen atoms in total. The van der Waals surface area contributed by atoms with E-state index in [1.165, 1.54) is 135 Å². The number of rotatable bonds is 19. The summed E-state index contributed by atoms with van der Waals surface area (Å²) in [5, 5.41) is 23.6. The number of hydrogen-bond acceptors (Lipinski definition) is 15. The van der Waals surface area contributed by atoms with E-state index in [9.17, 15) is 28.8 Å². The van der Waals surface area contributed by atoms with Crippen LogP contribution in [0.2, 0.25) is 0 Å². The van der Waals surface area contributed by atoms with Crippen LogP contribution >= 0.6 is 0 Å². The van der Waals surface area contributed by atoms with Crippen LogP contribution in [-0.2, 0) is 52.3 Å². The van der Waals surface area contributed by atoms with Gasteiger partial charge in [-0.1, -0.05) is 168 Å². The van der Waals surface area contributed by atoms with E-state index in [2.05, 4.69) is 158 Å². The van der Waals surface area contributed by atoms with Crippen LogP contribution in [0.1, 0.15) is 229 Å². The molecule has 0 unspecified atom stereocenters. The summed E-state index contributed by atoms with van der Waals surface area (Å²) in [6.07, 6.45) is 24.5. The van der Waals surface area contributed by atoms with E-state index in [0.717, 1.165) is 104 Å². The molecule has 4 aromatic carbocycles. The normalized spacial score (nSPS) is 22.9. The van der Waals surface area contributed by atoms with Crippen molar-refractivity contribution in [3.63, 3.8) is 0 Å². The van der Waals surface area contributed by atoms with Gasteiger partial charge in [0.25, 0.3) is 0 Å². The standard InChI is InChI=1S/C49H64N8O6.C35H42N6.C7H13NO4/c1-27(2)41(54-47(60)62-7)45(58)56-25-29(5)21-38(56)43-50-23-36(52-43)32-13-11-31(12-14-32)33-15-16-34(35-17-20-49(40(33)35)18-9-10-19-49)37-24-51-44(53-37)39-22-30(6)26-57(39)46(59)42(28(3)4)55-48(61)63-8;1-21-15-28(36-17-21)33-38-19-30(40-33)24-7-5-23(6-8-24)25-9-10-26(27-11-14-35(32(25)27)12-3-4-13-35)31-20-39-34(41-31)29-16-22(2)18-37-29;1-4(2)5(6(9)10)8-7(11)12-3/h11-16,23-24,27-30,38-39,41-42H,9-10,17-22,25-26H2,1-8H3,(H,50,52)(H,51,53)(H,54,60)(H,55,61);5-10,19-22,28-29,36-37H,3-4,11-18H2,1-2H3,(H,38,40)(H,39,41);4-5H,1-3H3,(H,8,11)(H,9,10)/t29-,30-,38-,39-,41-,42-;21-,22-,28-,29-;5-/m000/s1. The number of H-pyrrole nitrogens is 4. The quantitative estimate of drug-likeness (QED) is 0.0336. The zero-order valence-corrected chi connectivity index (χ0v) is 69.8. The first kappa shape index (κ1) is 82.4. The van der Waals surface area contributed by atoms with Crippen molar-refractivity contribution in [3.05, 3.63) is 143 Å². The number of aromatic amines is 4. The predicted molar refractivity (Wildman–Crippen MR) is 447 cm³/mol. The number of likely N-dealkylation sites (tertiary alicyclic amines) is 2. The van der Waals surface area contributed by atoms with E-state index in [1.807, 2.05) is 56.1 Å². The Bertz CT molecular complexity index is 4830. The third-order valence-electron chi connectivity index (χ3n) is 26.2. The van der Waals surface area contributed by atoms with Gasteiger partial charge in [-0.3, -0.25) is 9.59 Å². The van der Waals surface area contributed by atoms with Gasteiger partial charge in [-0.2, -0.15) is 0 Å². The number of carbonyl (C=O) groups excluding carboxylic acids is 5. The van der Waals surface area contributed by atoms with E-state index in [0.29, 0.717) is 42.4 Å². The Kier molecular flexibility index (Phi) is 24.8. The molecular formula is C91H119N15O10. The monoisotopic (exact) mass is 1580 g/mol. The van der Waals surface area contributed by atoms with Crippen molar-refractivity contribution in [1.82, 2.24) is 76.3 Å². The lowest BCUT2D eigenvalue weighted by molar-refractivity contribution is -0.140. The summed E-state index contributed by atoms with van der Waals surface area (Å²) in [7, 11) is 3.80. The van der Waals surface area contributed by atoms with Crippen LogP contribution in [-0.4, -0.2) is 156 Å². The van der Waals surface area contributed by atoms with Gasteiger partial charge in [0.1, 0.15) is 41.4 Å². The number of fused-ring (bicyclic) bond motifs is 4. The van der Waals surface area contributed by atoms with Crippen molar-refractivity contribution >= 4 is 36.1 Å². The van der Waals surface area contributed by atoms with Crippen molar-refractivity contribution in [2.75, 3.05) is 47.5 Å².